The van der Waals surface area contributed by atoms with Crippen LogP contribution in [0.4, 0.5) is 0 Å². The lowest BCUT2D eigenvalue weighted by Crippen LogP contribution is -2.52. The lowest BCUT2D eigenvalue weighted by molar-refractivity contribution is -0.155. The first-order valence-corrected chi connectivity index (χ1v) is 13.8. The highest BCUT2D eigenvalue weighted by atomic mass is 16.5. The van der Waals surface area contributed by atoms with Crippen molar-refractivity contribution in [1.29, 1.82) is 0 Å². The maximum Gasteiger partial charge on any atom is 0.338 e. The van der Waals surface area contributed by atoms with Gasteiger partial charge in [0.05, 0.1) is 38.3 Å². The van der Waals surface area contributed by atoms with Gasteiger partial charge >= 0.3 is 11.9 Å². The number of nitrogens with zero attached hydrogens (tertiary/aromatic N) is 1. The van der Waals surface area contributed by atoms with Gasteiger partial charge in [-0.1, -0.05) is 12.1 Å². The summed E-state index contributed by atoms with van der Waals surface area (Å²) in [7, 11) is 4.12. The van der Waals surface area contributed by atoms with E-state index in [9.17, 15) is 14.7 Å². The lowest BCUT2D eigenvalue weighted by atomic mass is 9.65. The van der Waals surface area contributed by atoms with E-state index in [-0.39, 0.29) is 42.5 Å². The second-order valence-electron chi connectivity index (χ2n) is 10.8. The van der Waals surface area contributed by atoms with Gasteiger partial charge < -0.3 is 29.4 Å². The molecule has 2 aliphatic heterocycles. The van der Waals surface area contributed by atoms with Gasteiger partial charge in [0.1, 0.15) is 11.9 Å². The Labute approximate surface area is 234 Å². The summed E-state index contributed by atoms with van der Waals surface area (Å²) in [5, 5.41) is 17.5. The van der Waals surface area contributed by atoms with Crippen molar-refractivity contribution in [2.75, 3.05) is 34.4 Å². The number of fused-ring (bicyclic) bond motifs is 6. The van der Waals surface area contributed by atoms with E-state index in [1.54, 1.807) is 31.4 Å². The Morgan fingerprint density at radius 1 is 1.05 bits per heavy atom. The molecule has 9 heteroatoms. The maximum absolute atomic E-state index is 13.0. The molecule has 0 amide bonds. The molecule has 1 aliphatic carbocycles. The molecule has 3 aliphatic rings. The highest BCUT2D eigenvalue weighted by Crippen LogP contribution is 2.50. The van der Waals surface area contributed by atoms with E-state index in [1.165, 1.54) is 23.8 Å². The summed E-state index contributed by atoms with van der Waals surface area (Å²) in [5.41, 5.74) is 4.89. The van der Waals surface area contributed by atoms with E-state index in [0.717, 1.165) is 56.3 Å². The van der Waals surface area contributed by atoms with E-state index < -0.39 is 5.97 Å². The fourth-order valence-electron chi connectivity index (χ4n) is 7.02. The first-order chi connectivity index (χ1) is 19.5. The zero-order valence-electron chi connectivity index (χ0n) is 23.3. The summed E-state index contributed by atoms with van der Waals surface area (Å²) in [5.74, 6) is 0.300. The number of hydrogen-bond acceptors (Lipinski definition) is 8. The minimum Gasteiger partial charge on any atom is -0.497 e. The number of aromatic amines is 1. The van der Waals surface area contributed by atoms with Gasteiger partial charge in [0.2, 0.25) is 0 Å². The summed E-state index contributed by atoms with van der Waals surface area (Å²) in [6.45, 7) is 1.75. The molecule has 9 nitrogen and oxygen atoms in total. The molecule has 3 N–H and O–H groups in total. The first-order valence-electron chi connectivity index (χ1n) is 13.8. The molecule has 40 heavy (non-hydrogen) atoms. The number of ether oxygens (including phenoxy) is 3. The summed E-state index contributed by atoms with van der Waals surface area (Å²) < 4.78 is 16.6. The van der Waals surface area contributed by atoms with E-state index in [2.05, 4.69) is 22.0 Å². The third kappa shape index (κ3) is 5.21. The van der Waals surface area contributed by atoms with Crippen LogP contribution in [0, 0.1) is 17.8 Å². The topological polar surface area (TPSA) is 121 Å². The van der Waals surface area contributed by atoms with Crippen LogP contribution in [-0.4, -0.2) is 72.6 Å². The minimum atomic E-state index is -0.397. The van der Waals surface area contributed by atoms with Crippen LogP contribution < -0.4 is 4.74 Å². The summed E-state index contributed by atoms with van der Waals surface area (Å²) in [4.78, 5) is 32.1. The number of aromatic nitrogens is 1. The molecule has 5 unspecified atom stereocenters. The van der Waals surface area contributed by atoms with Crippen LogP contribution in [0.1, 0.15) is 52.5 Å². The third-order valence-electron chi connectivity index (χ3n) is 8.89. The molecule has 1 saturated heterocycles. The standard InChI is InChI=1S/C30H34N2O6.CH4O/c1-36-20-7-8-22-23-9-10-32-15-19-11-21(38-29(34)18-5-3-17(16-33)4-6-18)12-25(30(35)37-2)24(19)14-27(32)28(23)31-26(22)13-20;1-2/h3-8,13,19,21,24-25,27,31,33H,9-12,14-16H2,1-2H3;2H,1H3. The predicted molar refractivity (Wildman–Crippen MR) is 149 cm³/mol. The number of esters is 2. The van der Waals surface area contributed by atoms with Crippen LogP contribution in [-0.2, 0) is 27.3 Å². The molecule has 3 heterocycles. The van der Waals surface area contributed by atoms with Gasteiger partial charge in [-0.25, -0.2) is 4.79 Å². The van der Waals surface area contributed by atoms with Crippen molar-refractivity contribution in [2.45, 2.75) is 44.4 Å². The van der Waals surface area contributed by atoms with Crippen LogP contribution in [0.25, 0.3) is 10.9 Å². The number of carbonyl (C=O) groups is 2. The average molecular weight is 551 g/mol. The number of rotatable bonds is 5. The van der Waals surface area contributed by atoms with E-state index in [4.69, 9.17) is 19.3 Å². The first kappa shape index (κ1) is 28.1. The minimum absolute atomic E-state index is 0.0759. The Bertz CT molecular complexity index is 1350. The smallest absolute Gasteiger partial charge is 0.338 e. The van der Waals surface area contributed by atoms with E-state index in [1.807, 2.05) is 6.07 Å². The number of H-pyrrole nitrogens is 1. The van der Waals surface area contributed by atoms with Crippen LogP contribution >= 0.6 is 0 Å². The van der Waals surface area contributed by atoms with Crippen molar-refractivity contribution in [3.63, 3.8) is 0 Å². The van der Waals surface area contributed by atoms with Gasteiger partial charge in [-0.3, -0.25) is 9.69 Å². The van der Waals surface area contributed by atoms with Crippen LogP contribution in [0.3, 0.4) is 0 Å². The highest BCUT2D eigenvalue weighted by Gasteiger charge is 2.49. The fraction of sp³-hybridized carbons (Fsp3) is 0.484. The Kier molecular flexibility index (Phi) is 8.44. The summed E-state index contributed by atoms with van der Waals surface area (Å²) >= 11 is 0. The average Bonchev–Trinajstić information content (AvgIpc) is 3.38. The number of methoxy groups -OCH3 is 2. The Morgan fingerprint density at radius 3 is 2.52 bits per heavy atom. The Morgan fingerprint density at radius 2 is 1.82 bits per heavy atom. The molecular formula is C31H38N2O7. The van der Waals surface area contributed by atoms with Crippen molar-refractivity contribution in [3.8, 4) is 5.75 Å². The Hall–Kier alpha value is -3.40. The number of aliphatic hydroxyl groups is 2. The fourth-order valence-corrected chi connectivity index (χ4v) is 7.02. The summed E-state index contributed by atoms with van der Waals surface area (Å²) in [6.07, 6.45) is 2.70. The van der Waals surface area contributed by atoms with Crippen molar-refractivity contribution < 1.29 is 34.0 Å². The quantitative estimate of drug-likeness (QED) is 0.412. The molecule has 2 aromatic carbocycles. The van der Waals surface area contributed by atoms with Gasteiger partial charge in [-0.05, 0) is 72.9 Å². The molecule has 1 saturated carbocycles. The van der Waals surface area contributed by atoms with Crippen molar-refractivity contribution in [1.82, 2.24) is 9.88 Å². The van der Waals surface area contributed by atoms with E-state index >= 15 is 0 Å². The molecule has 2 fully saturated rings. The highest BCUT2D eigenvalue weighted by molar-refractivity contribution is 5.89. The normalized spacial score (nSPS) is 25.5. The number of hydrogen-bond donors (Lipinski definition) is 3. The van der Waals surface area contributed by atoms with Gasteiger partial charge in [-0.2, -0.15) is 0 Å². The van der Waals surface area contributed by atoms with Crippen molar-refractivity contribution >= 4 is 22.8 Å². The molecule has 6 rings (SSSR count). The zero-order chi connectivity index (χ0) is 28.4. The number of nitrogens with one attached hydrogen (secondary N) is 1. The zero-order valence-corrected chi connectivity index (χ0v) is 23.3. The van der Waals surface area contributed by atoms with Crippen LogP contribution in [0.15, 0.2) is 42.5 Å². The second kappa shape index (κ2) is 12.0. The number of carbonyl (C=O) groups excluding carboxylic acids is 2. The molecular weight excluding hydrogens is 512 g/mol. The predicted octanol–water partition coefficient (Wildman–Crippen LogP) is 3.62. The number of benzene rings is 2. The maximum atomic E-state index is 13.0. The van der Waals surface area contributed by atoms with E-state index in [0.29, 0.717) is 12.0 Å². The third-order valence-corrected chi connectivity index (χ3v) is 8.89. The van der Waals surface area contributed by atoms with Gasteiger partial charge in [0, 0.05) is 42.9 Å². The Balaban J connectivity index is 0.00000158. The van der Waals surface area contributed by atoms with Crippen molar-refractivity contribution in [3.05, 3.63) is 64.8 Å². The molecule has 0 radical (unpaired) electrons. The molecule has 1 aromatic heterocycles. The molecule has 214 valence electrons. The molecule has 5 atom stereocenters. The second-order valence-corrected chi connectivity index (χ2v) is 10.8. The number of aliphatic hydroxyl groups excluding tert-OH is 2. The summed E-state index contributed by atoms with van der Waals surface area (Å²) in [6, 6.07) is 13.2. The molecule has 3 aromatic rings. The van der Waals surface area contributed by atoms with Gasteiger partial charge in [0.15, 0.2) is 0 Å². The molecule has 0 bridgehead atoms. The lowest BCUT2D eigenvalue weighted by Gasteiger charge is -2.51. The van der Waals surface area contributed by atoms with Crippen LogP contribution in [0.5, 0.6) is 5.75 Å². The van der Waals surface area contributed by atoms with Gasteiger partial charge in [-0.15, -0.1) is 0 Å². The van der Waals surface area contributed by atoms with Gasteiger partial charge in [0.25, 0.3) is 0 Å². The SMILES string of the molecule is CO.COC(=O)C1CC(OC(=O)c2ccc(CO)cc2)CC2CN3CCc4c([nH]c5cc(OC)ccc45)C3CC21. The van der Waals surface area contributed by atoms with Crippen molar-refractivity contribution in [2.24, 2.45) is 17.8 Å². The van der Waals surface area contributed by atoms with Crippen LogP contribution in [0.2, 0.25) is 0 Å². The largest absolute Gasteiger partial charge is 0.497 e. The monoisotopic (exact) mass is 550 g/mol. The number of piperidine rings is 1. The molecule has 0 spiro atoms.